The van der Waals surface area contributed by atoms with Gasteiger partial charge in [0.05, 0.1) is 12.0 Å². The number of amides is 1. The predicted octanol–water partition coefficient (Wildman–Crippen LogP) is 4.90. The molecule has 1 aliphatic rings. The first-order valence-corrected chi connectivity index (χ1v) is 12.1. The normalized spacial score (nSPS) is 13.0. The Morgan fingerprint density at radius 1 is 0.972 bits per heavy atom. The number of aromatic nitrogens is 6. The van der Waals surface area contributed by atoms with Crippen molar-refractivity contribution in [1.29, 1.82) is 0 Å². The van der Waals surface area contributed by atoms with Crippen LogP contribution in [-0.4, -0.2) is 35.2 Å². The molecule has 5 aromatic rings. The first kappa shape index (κ1) is 21.9. The van der Waals surface area contributed by atoms with Crippen LogP contribution in [0.2, 0.25) is 0 Å². The second-order valence-electron chi connectivity index (χ2n) is 8.98. The first-order chi connectivity index (χ1) is 17.7. The highest BCUT2D eigenvalue weighted by Crippen LogP contribution is 2.39. The molecule has 1 fully saturated rings. The number of nitrogens with zero attached hydrogens (tertiary/aromatic N) is 6. The van der Waals surface area contributed by atoms with E-state index in [1.165, 1.54) is 18.4 Å². The zero-order valence-corrected chi connectivity index (χ0v) is 19.7. The summed E-state index contributed by atoms with van der Waals surface area (Å²) >= 11 is 0. The number of hydrogen-bond acceptors (Lipinski definition) is 5. The van der Waals surface area contributed by atoms with Gasteiger partial charge in [-0.3, -0.25) is 4.79 Å². The lowest BCUT2D eigenvalue weighted by Gasteiger charge is -2.09. The van der Waals surface area contributed by atoms with E-state index >= 15 is 0 Å². The number of carbonyl (C=O) groups is 1. The first-order valence-electron chi connectivity index (χ1n) is 12.1. The molecule has 0 saturated heterocycles. The molecule has 178 valence electrons. The zero-order chi connectivity index (χ0) is 24.3. The minimum absolute atomic E-state index is 0.227. The van der Waals surface area contributed by atoms with Gasteiger partial charge in [-0.15, -0.1) is 10.2 Å². The van der Waals surface area contributed by atoms with Crippen molar-refractivity contribution < 1.29 is 4.79 Å². The largest absolute Gasteiger partial charge is 0.312 e. The van der Waals surface area contributed by atoms with Crippen molar-refractivity contribution in [2.45, 2.75) is 31.7 Å². The molecular formula is C28H25N7O. The number of carbonyl (C=O) groups excluding carboxylic acids is 1. The van der Waals surface area contributed by atoms with Crippen molar-refractivity contribution in [3.8, 4) is 17.2 Å². The third-order valence-electron chi connectivity index (χ3n) is 6.32. The molecule has 3 heterocycles. The van der Waals surface area contributed by atoms with Gasteiger partial charge < -0.3 is 14.5 Å². The Hall–Kier alpha value is -4.59. The number of benzene rings is 2. The molecule has 1 saturated carbocycles. The lowest BCUT2D eigenvalue weighted by Crippen LogP contribution is -2.13. The fraction of sp³-hybridized carbons (Fsp3) is 0.179. The summed E-state index contributed by atoms with van der Waals surface area (Å²) in [6.07, 6.45) is 8.83. The fourth-order valence-electron chi connectivity index (χ4n) is 4.21. The zero-order valence-electron chi connectivity index (χ0n) is 19.7. The number of pyridine rings is 1. The van der Waals surface area contributed by atoms with E-state index in [2.05, 4.69) is 37.6 Å². The van der Waals surface area contributed by atoms with Gasteiger partial charge in [0.25, 0.3) is 5.91 Å². The van der Waals surface area contributed by atoms with Crippen molar-refractivity contribution in [2.24, 2.45) is 0 Å². The van der Waals surface area contributed by atoms with E-state index in [0.29, 0.717) is 28.8 Å². The van der Waals surface area contributed by atoms with Crippen LogP contribution >= 0.6 is 0 Å². The van der Waals surface area contributed by atoms with E-state index in [-0.39, 0.29) is 5.91 Å². The van der Waals surface area contributed by atoms with Crippen molar-refractivity contribution in [2.75, 3.05) is 5.32 Å². The van der Waals surface area contributed by atoms with E-state index in [9.17, 15) is 4.79 Å². The van der Waals surface area contributed by atoms with Crippen molar-refractivity contribution in [3.63, 3.8) is 0 Å². The highest BCUT2D eigenvalue weighted by molar-refractivity contribution is 6.04. The van der Waals surface area contributed by atoms with Crippen molar-refractivity contribution in [3.05, 3.63) is 108 Å². The summed E-state index contributed by atoms with van der Waals surface area (Å²) in [5, 5.41) is 11.3. The van der Waals surface area contributed by atoms with Gasteiger partial charge in [0.2, 0.25) is 0 Å². The molecule has 6 rings (SSSR count). The number of rotatable bonds is 8. The van der Waals surface area contributed by atoms with Crippen LogP contribution in [0, 0.1) is 0 Å². The minimum Gasteiger partial charge on any atom is -0.312 e. The molecular weight excluding hydrogens is 450 g/mol. The SMILES string of the molecule is O=C(Nc1cccc(-c2nncn2CCc2ccccc2)n1)c1cccc(-n2cnc(C3CC3)c2)c1. The summed E-state index contributed by atoms with van der Waals surface area (Å²) in [5.41, 5.74) is 4.45. The Morgan fingerprint density at radius 2 is 1.83 bits per heavy atom. The smallest absolute Gasteiger partial charge is 0.256 e. The predicted molar refractivity (Wildman–Crippen MR) is 137 cm³/mol. The van der Waals surface area contributed by atoms with E-state index in [1.54, 1.807) is 18.5 Å². The molecule has 0 spiro atoms. The maximum atomic E-state index is 13.0. The monoisotopic (exact) mass is 475 g/mol. The number of imidazole rings is 1. The van der Waals surface area contributed by atoms with Crippen LogP contribution in [0.1, 0.15) is 40.4 Å². The van der Waals surface area contributed by atoms with E-state index in [1.807, 2.05) is 70.2 Å². The number of aryl methyl sites for hydroxylation is 2. The molecule has 1 N–H and O–H groups in total. The quantitative estimate of drug-likeness (QED) is 0.345. The van der Waals surface area contributed by atoms with E-state index in [4.69, 9.17) is 0 Å². The Morgan fingerprint density at radius 3 is 2.69 bits per heavy atom. The molecule has 2 aromatic carbocycles. The van der Waals surface area contributed by atoms with Crippen LogP contribution in [-0.2, 0) is 13.0 Å². The van der Waals surface area contributed by atoms with Gasteiger partial charge >= 0.3 is 0 Å². The van der Waals surface area contributed by atoms with Gasteiger partial charge in [0, 0.05) is 29.9 Å². The topological polar surface area (TPSA) is 90.5 Å². The molecule has 1 aliphatic carbocycles. The molecule has 0 radical (unpaired) electrons. The van der Waals surface area contributed by atoms with Gasteiger partial charge in [0.15, 0.2) is 5.82 Å². The number of hydrogen-bond donors (Lipinski definition) is 1. The summed E-state index contributed by atoms with van der Waals surface area (Å²) in [7, 11) is 0. The molecule has 0 unspecified atom stereocenters. The van der Waals surface area contributed by atoms with E-state index in [0.717, 1.165) is 24.3 Å². The third kappa shape index (κ3) is 4.79. The van der Waals surface area contributed by atoms with Crippen LogP contribution in [0.25, 0.3) is 17.2 Å². The number of nitrogens with one attached hydrogen (secondary N) is 1. The second kappa shape index (κ2) is 9.58. The summed E-state index contributed by atoms with van der Waals surface area (Å²) in [6.45, 7) is 0.730. The molecule has 8 heteroatoms. The lowest BCUT2D eigenvalue weighted by atomic mass is 10.1. The summed E-state index contributed by atoms with van der Waals surface area (Å²) in [6, 6.07) is 23.3. The van der Waals surface area contributed by atoms with Gasteiger partial charge in [0.1, 0.15) is 17.8 Å². The Balaban J connectivity index is 1.17. The molecule has 3 aromatic heterocycles. The Kier molecular flexibility index (Phi) is 5.83. The maximum absolute atomic E-state index is 13.0. The van der Waals surface area contributed by atoms with E-state index < -0.39 is 0 Å². The lowest BCUT2D eigenvalue weighted by molar-refractivity contribution is 0.102. The molecule has 36 heavy (non-hydrogen) atoms. The van der Waals surface area contributed by atoms with Gasteiger partial charge in [-0.05, 0) is 55.2 Å². The third-order valence-corrected chi connectivity index (χ3v) is 6.32. The second-order valence-corrected chi connectivity index (χ2v) is 8.98. The maximum Gasteiger partial charge on any atom is 0.256 e. The summed E-state index contributed by atoms with van der Waals surface area (Å²) in [5.74, 6) is 1.48. The summed E-state index contributed by atoms with van der Waals surface area (Å²) < 4.78 is 3.94. The molecule has 0 aliphatic heterocycles. The fourth-order valence-corrected chi connectivity index (χ4v) is 4.21. The Bertz CT molecular complexity index is 1500. The average Bonchev–Trinajstić information content (AvgIpc) is 3.45. The minimum atomic E-state index is -0.227. The van der Waals surface area contributed by atoms with Crippen LogP contribution in [0.3, 0.4) is 0 Å². The molecule has 8 nitrogen and oxygen atoms in total. The van der Waals surface area contributed by atoms with Gasteiger partial charge in [-0.25, -0.2) is 9.97 Å². The van der Waals surface area contributed by atoms with Crippen LogP contribution in [0.5, 0.6) is 0 Å². The van der Waals surface area contributed by atoms with Crippen molar-refractivity contribution in [1.82, 2.24) is 29.3 Å². The molecule has 0 atom stereocenters. The standard InChI is InChI=1S/C28H25N7O/c36-28(22-8-4-9-23(16-22)35-17-25(29-18-35)21-12-13-21)32-26-11-5-10-24(31-26)27-33-30-19-34(27)15-14-20-6-2-1-3-7-20/h1-11,16-19,21H,12-15H2,(H,31,32,36). The van der Waals surface area contributed by atoms with Crippen molar-refractivity contribution >= 4 is 11.7 Å². The molecule has 1 amide bonds. The summed E-state index contributed by atoms with van der Waals surface area (Å²) in [4.78, 5) is 22.2. The Labute approximate surface area is 208 Å². The van der Waals surface area contributed by atoms with Gasteiger partial charge in [-0.1, -0.05) is 42.5 Å². The van der Waals surface area contributed by atoms with Crippen LogP contribution in [0.15, 0.2) is 91.6 Å². The molecule has 0 bridgehead atoms. The number of anilines is 1. The average molecular weight is 476 g/mol. The highest BCUT2D eigenvalue weighted by atomic mass is 16.1. The highest BCUT2D eigenvalue weighted by Gasteiger charge is 2.25. The van der Waals surface area contributed by atoms with Crippen LogP contribution < -0.4 is 5.32 Å². The van der Waals surface area contributed by atoms with Gasteiger partial charge in [-0.2, -0.15) is 0 Å². The van der Waals surface area contributed by atoms with Crippen LogP contribution in [0.4, 0.5) is 5.82 Å².